The third kappa shape index (κ3) is 4.21. The van der Waals surface area contributed by atoms with Crippen LogP contribution in [0.2, 0.25) is 0 Å². The van der Waals surface area contributed by atoms with Crippen molar-refractivity contribution in [1.82, 2.24) is 5.32 Å². The lowest BCUT2D eigenvalue weighted by Crippen LogP contribution is -2.28. The third-order valence-corrected chi connectivity index (χ3v) is 3.31. The topological polar surface area (TPSA) is 29.1 Å². The van der Waals surface area contributed by atoms with Gasteiger partial charge in [0.2, 0.25) is 0 Å². The molecule has 3 heteroatoms. The van der Waals surface area contributed by atoms with E-state index in [1.54, 1.807) is 6.26 Å². The molecule has 1 aliphatic rings. The summed E-state index contributed by atoms with van der Waals surface area (Å²) < 4.78 is 10.7. The molecule has 0 aromatic carbocycles. The molecule has 72 valence electrons. The molecule has 0 amide bonds. The maximum Gasteiger partial charge on any atom is 0.0244 e. The Balaban J connectivity index is 1.79. The monoisotopic (exact) mass is 189 g/mol. The van der Waals surface area contributed by atoms with E-state index in [0.717, 1.165) is 24.6 Å². The second-order valence-electron chi connectivity index (χ2n) is 3.63. The van der Waals surface area contributed by atoms with E-state index in [1.165, 1.54) is 25.8 Å². The minimum atomic E-state index is -0.608. The van der Waals surface area contributed by atoms with Gasteiger partial charge in [-0.1, -0.05) is 6.42 Å². The van der Waals surface area contributed by atoms with Crippen LogP contribution in [0.4, 0.5) is 0 Å². The normalized spacial score (nSPS) is 20.4. The second-order valence-corrected chi connectivity index (χ2v) is 5.19. The van der Waals surface area contributed by atoms with Gasteiger partial charge in [-0.25, -0.2) is 0 Å². The van der Waals surface area contributed by atoms with Gasteiger partial charge in [-0.3, -0.25) is 4.21 Å². The van der Waals surface area contributed by atoms with E-state index < -0.39 is 10.8 Å². The Morgan fingerprint density at radius 3 is 2.75 bits per heavy atom. The molecule has 1 fully saturated rings. The van der Waals surface area contributed by atoms with E-state index in [1.807, 2.05) is 0 Å². The molecule has 12 heavy (non-hydrogen) atoms. The van der Waals surface area contributed by atoms with Crippen molar-refractivity contribution >= 4 is 10.8 Å². The summed E-state index contributed by atoms with van der Waals surface area (Å²) in [5, 5.41) is 3.41. The van der Waals surface area contributed by atoms with Gasteiger partial charge in [0.15, 0.2) is 0 Å². The molecule has 2 nitrogen and oxygen atoms in total. The fourth-order valence-electron chi connectivity index (χ4n) is 1.40. The third-order valence-electron chi connectivity index (χ3n) is 2.44. The Morgan fingerprint density at radius 1 is 1.50 bits per heavy atom. The molecule has 1 atom stereocenters. The molecule has 0 spiro atoms. The first kappa shape index (κ1) is 10.2. The maximum absolute atomic E-state index is 10.7. The highest BCUT2D eigenvalue weighted by molar-refractivity contribution is 7.84. The molecule has 1 aliphatic carbocycles. The lowest BCUT2D eigenvalue weighted by molar-refractivity contribution is 0.302. The summed E-state index contributed by atoms with van der Waals surface area (Å²) >= 11 is 0. The van der Waals surface area contributed by atoms with Gasteiger partial charge in [-0.15, -0.1) is 0 Å². The predicted molar refractivity (Wildman–Crippen MR) is 53.8 cm³/mol. The van der Waals surface area contributed by atoms with E-state index in [0.29, 0.717) is 0 Å². The maximum atomic E-state index is 10.7. The van der Waals surface area contributed by atoms with Crippen LogP contribution in [0.1, 0.15) is 25.7 Å². The molecule has 1 saturated carbocycles. The quantitative estimate of drug-likeness (QED) is 0.635. The first-order chi connectivity index (χ1) is 5.79. The highest BCUT2D eigenvalue weighted by Gasteiger charge is 2.15. The van der Waals surface area contributed by atoms with E-state index in [4.69, 9.17) is 0 Å². The first-order valence-corrected chi connectivity index (χ1v) is 6.52. The summed E-state index contributed by atoms with van der Waals surface area (Å²) in [5.74, 6) is 1.79. The molecule has 0 radical (unpaired) electrons. The Labute approximate surface area is 77.6 Å². The minimum Gasteiger partial charge on any atom is -0.316 e. The molecule has 0 heterocycles. The molecule has 1 N–H and O–H groups in total. The van der Waals surface area contributed by atoms with E-state index in [2.05, 4.69) is 5.32 Å². The van der Waals surface area contributed by atoms with Crippen LogP contribution in [0.15, 0.2) is 0 Å². The molecular formula is C9H19NOS. The Bertz CT molecular complexity index is 145. The summed E-state index contributed by atoms with van der Waals surface area (Å²) in [4.78, 5) is 0. The Kier molecular flexibility index (Phi) is 4.84. The predicted octanol–water partition coefficient (Wildman–Crippen LogP) is 1.14. The molecule has 0 bridgehead atoms. The van der Waals surface area contributed by atoms with Gasteiger partial charge in [-0.2, -0.15) is 0 Å². The fourth-order valence-corrected chi connectivity index (χ4v) is 1.95. The molecule has 0 saturated heterocycles. The SMILES string of the molecule is CS(=O)CCCNCC1CCC1. The lowest BCUT2D eigenvalue weighted by atomic mass is 9.85. The van der Waals surface area contributed by atoms with E-state index in [-0.39, 0.29) is 0 Å². The Hall–Kier alpha value is 0.110. The lowest BCUT2D eigenvalue weighted by Gasteiger charge is -2.25. The molecule has 1 rings (SSSR count). The molecule has 1 unspecified atom stereocenters. The highest BCUT2D eigenvalue weighted by atomic mass is 32.2. The van der Waals surface area contributed by atoms with Gasteiger partial charge in [0.1, 0.15) is 0 Å². The zero-order valence-corrected chi connectivity index (χ0v) is 8.66. The van der Waals surface area contributed by atoms with Crippen LogP contribution < -0.4 is 5.32 Å². The summed E-state index contributed by atoms with van der Waals surface area (Å²) in [5.41, 5.74) is 0. The van der Waals surface area contributed by atoms with Crippen LogP contribution in [0, 0.1) is 5.92 Å². The van der Waals surface area contributed by atoms with Crippen molar-refractivity contribution < 1.29 is 4.21 Å². The summed E-state index contributed by atoms with van der Waals surface area (Å²) in [6.45, 7) is 2.21. The van der Waals surface area contributed by atoms with Gasteiger partial charge in [0.25, 0.3) is 0 Å². The summed E-state index contributed by atoms with van der Waals surface area (Å²) in [7, 11) is -0.608. The number of hydrogen-bond donors (Lipinski definition) is 1. The fraction of sp³-hybridized carbons (Fsp3) is 1.00. The van der Waals surface area contributed by atoms with Crippen LogP contribution >= 0.6 is 0 Å². The second kappa shape index (κ2) is 5.70. The molecule has 0 aromatic rings. The van der Waals surface area contributed by atoms with Gasteiger partial charge < -0.3 is 5.32 Å². The van der Waals surface area contributed by atoms with Gasteiger partial charge >= 0.3 is 0 Å². The van der Waals surface area contributed by atoms with Gasteiger partial charge in [0, 0.05) is 22.8 Å². The number of hydrogen-bond acceptors (Lipinski definition) is 2. The molecular weight excluding hydrogens is 170 g/mol. The summed E-state index contributed by atoms with van der Waals surface area (Å²) in [6.07, 6.45) is 7.06. The van der Waals surface area contributed by atoms with Crippen molar-refractivity contribution in [2.24, 2.45) is 5.92 Å². The Morgan fingerprint density at radius 2 is 2.25 bits per heavy atom. The van der Waals surface area contributed by atoms with Crippen molar-refractivity contribution in [2.45, 2.75) is 25.7 Å². The van der Waals surface area contributed by atoms with Gasteiger partial charge in [-0.05, 0) is 38.3 Å². The minimum absolute atomic E-state index is 0.608. The van der Waals surface area contributed by atoms with Crippen LogP contribution in [0.3, 0.4) is 0 Å². The van der Waals surface area contributed by atoms with Crippen molar-refractivity contribution in [3.8, 4) is 0 Å². The number of rotatable bonds is 6. The van der Waals surface area contributed by atoms with E-state index >= 15 is 0 Å². The number of nitrogens with one attached hydrogen (secondary N) is 1. The van der Waals surface area contributed by atoms with Crippen LogP contribution in [-0.2, 0) is 10.8 Å². The average molecular weight is 189 g/mol. The highest BCUT2D eigenvalue weighted by Crippen LogP contribution is 2.24. The van der Waals surface area contributed by atoms with E-state index in [9.17, 15) is 4.21 Å². The van der Waals surface area contributed by atoms with Crippen LogP contribution in [0.25, 0.3) is 0 Å². The van der Waals surface area contributed by atoms with Crippen molar-refractivity contribution in [2.75, 3.05) is 25.1 Å². The van der Waals surface area contributed by atoms with Gasteiger partial charge in [0.05, 0.1) is 0 Å². The first-order valence-electron chi connectivity index (χ1n) is 4.80. The van der Waals surface area contributed by atoms with Crippen molar-refractivity contribution in [3.63, 3.8) is 0 Å². The zero-order chi connectivity index (χ0) is 8.81. The summed E-state index contributed by atoms with van der Waals surface area (Å²) in [6, 6.07) is 0. The standard InChI is InChI=1S/C9H19NOS/c1-12(11)7-3-6-10-8-9-4-2-5-9/h9-10H,2-8H2,1H3. The van der Waals surface area contributed by atoms with Crippen LogP contribution in [-0.4, -0.2) is 29.3 Å². The zero-order valence-electron chi connectivity index (χ0n) is 7.84. The largest absolute Gasteiger partial charge is 0.316 e. The van der Waals surface area contributed by atoms with Crippen LogP contribution in [0.5, 0.6) is 0 Å². The van der Waals surface area contributed by atoms with Crippen molar-refractivity contribution in [1.29, 1.82) is 0 Å². The average Bonchev–Trinajstić information content (AvgIpc) is 1.92. The van der Waals surface area contributed by atoms with Crippen molar-refractivity contribution in [3.05, 3.63) is 0 Å². The molecule has 0 aliphatic heterocycles. The molecule has 0 aromatic heterocycles. The smallest absolute Gasteiger partial charge is 0.0244 e.